The number of benzene rings is 2. The number of alkyl halides is 2. The first kappa shape index (κ1) is 27.2. The number of aryl methyl sites for hydroxylation is 1. The Labute approximate surface area is 206 Å². The summed E-state index contributed by atoms with van der Waals surface area (Å²) in [6, 6.07) is 9.72. The van der Waals surface area contributed by atoms with E-state index < -0.39 is 23.3 Å². The van der Waals surface area contributed by atoms with Crippen LogP contribution in [-0.4, -0.2) is 6.61 Å². The van der Waals surface area contributed by atoms with Crippen LogP contribution in [0.2, 0.25) is 0 Å². The maximum atomic E-state index is 14.7. The van der Waals surface area contributed by atoms with Gasteiger partial charge in [0, 0.05) is 0 Å². The maximum Gasteiger partial charge on any atom is 0.389 e. The lowest BCUT2D eigenvalue weighted by molar-refractivity contribution is -0.251. The molecule has 0 bridgehead atoms. The molecular weight excluding hydrogens is 452 g/mol. The van der Waals surface area contributed by atoms with Crippen LogP contribution in [0.25, 0.3) is 0 Å². The minimum Gasteiger partial charge on any atom is -0.316 e. The van der Waals surface area contributed by atoms with Crippen molar-refractivity contribution < 1.29 is 22.3 Å². The Morgan fingerprint density at radius 1 is 0.943 bits per heavy atom. The Morgan fingerprint density at radius 3 is 2.11 bits per heavy atom. The fraction of sp³-hybridized carbons (Fsp3) is 0.467. The van der Waals surface area contributed by atoms with E-state index in [4.69, 9.17) is 4.74 Å². The van der Waals surface area contributed by atoms with Crippen molar-refractivity contribution in [2.24, 2.45) is 5.92 Å². The van der Waals surface area contributed by atoms with Gasteiger partial charge < -0.3 is 4.74 Å². The van der Waals surface area contributed by atoms with Crippen molar-refractivity contribution in [3.8, 4) is 0 Å². The topological polar surface area (TPSA) is 9.23 Å². The minimum atomic E-state index is -4.04. The molecule has 0 N–H and O–H groups in total. The van der Waals surface area contributed by atoms with Gasteiger partial charge in [-0.15, -0.1) is 6.58 Å². The summed E-state index contributed by atoms with van der Waals surface area (Å²) in [6.45, 7) is 5.35. The van der Waals surface area contributed by atoms with Gasteiger partial charge in [0.2, 0.25) is 0 Å². The zero-order valence-electron chi connectivity index (χ0n) is 20.5. The van der Waals surface area contributed by atoms with Crippen LogP contribution in [0.5, 0.6) is 0 Å². The molecule has 1 aliphatic carbocycles. The molecule has 5 heteroatoms. The highest BCUT2D eigenvalue weighted by Gasteiger charge is 2.40. The van der Waals surface area contributed by atoms with Gasteiger partial charge in [-0.25, -0.2) is 8.78 Å². The zero-order valence-corrected chi connectivity index (χ0v) is 20.5. The molecule has 1 nitrogen and oxygen atoms in total. The molecule has 0 radical (unpaired) electrons. The van der Waals surface area contributed by atoms with Gasteiger partial charge in [-0.05, 0) is 105 Å². The average molecular weight is 489 g/mol. The van der Waals surface area contributed by atoms with Crippen LogP contribution in [0.3, 0.4) is 0 Å². The van der Waals surface area contributed by atoms with Gasteiger partial charge in [-0.3, -0.25) is 0 Å². The number of rotatable bonds is 12. The molecule has 0 spiro atoms. The summed E-state index contributed by atoms with van der Waals surface area (Å²) >= 11 is 0. The fourth-order valence-corrected chi connectivity index (χ4v) is 4.90. The van der Waals surface area contributed by atoms with Crippen LogP contribution in [0, 0.1) is 17.6 Å². The third kappa shape index (κ3) is 7.79. The summed E-state index contributed by atoms with van der Waals surface area (Å²) in [4.78, 5) is 0. The average Bonchev–Trinajstić information content (AvgIpc) is 2.83. The van der Waals surface area contributed by atoms with E-state index in [0.717, 1.165) is 74.6 Å². The molecule has 3 rings (SSSR count). The molecular formula is C30H36F4O. The summed E-state index contributed by atoms with van der Waals surface area (Å²) in [5, 5.41) is 0. The highest BCUT2D eigenvalue weighted by molar-refractivity contribution is 5.31. The van der Waals surface area contributed by atoms with E-state index in [0.29, 0.717) is 11.5 Å². The normalized spacial score (nSPS) is 18.8. The van der Waals surface area contributed by atoms with Gasteiger partial charge in [0.05, 0.1) is 6.61 Å². The van der Waals surface area contributed by atoms with E-state index in [2.05, 4.69) is 12.7 Å². The highest BCUT2D eigenvalue weighted by atomic mass is 19.3. The SMILES string of the molecule is C=CCCc1ccc(CCOC(F)(F)c2c(F)cc([C@H]3CC[C@H](CC/C=C/C)CC3)cc2F)cc1. The van der Waals surface area contributed by atoms with Crippen molar-refractivity contribution in [2.75, 3.05) is 6.61 Å². The smallest absolute Gasteiger partial charge is 0.316 e. The molecule has 0 unspecified atom stereocenters. The van der Waals surface area contributed by atoms with Crippen molar-refractivity contribution in [3.63, 3.8) is 0 Å². The van der Waals surface area contributed by atoms with E-state index in [1.54, 1.807) is 0 Å². The van der Waals surface area contributed by atoms with Crippen LogP contribution < -0.4 is 0 Å². The summed E-state index contributed by atoms with van der Waals surface area (Å²) in [5.74, 6) is -1.88. The molecule has 0 aromatic heterocycles. The van der Waals surface area contributed by atoms with Gasteiger partial charge in [0.25, 0.3) is 0 Å². The molecule has 35 heavy (non-hydrogen) atoms. The van der Waals surface area contributed by atoms with E-state index >= 15 is 0 Å². The zero-order chi connectivity index (χ0) is 25.3. The quantitative estimate of drug-likeness (QED) is 0.214. The molecule has 0 heterocycles. The lowest BCUT2D eigenvalue weighted by Gasteiger charge is -2.29. The van der Waals surface area contributed by atoms with Gasteiger partial charge in [0.15, 0.2) is 0 Å². The Morgan fingerprint density at radius 2 is 1.54 bits per heavy atom. The lowest BCUT2D eigenvalue weighted by atomic mass is 9.77. The van der Waals surface area contributed by atoms with Gasteiger partial charge in [0.1, 0.15) is 17.2 Å². The van der Waals surface area contributed by atoms with Crippen LogP contribution in [0.15, 0.2) is 61.2 Å². The summed E-state index contributed by atoms with van der Waals surface area (Å²) in [5.41, 5.74) is 1.11. The Balaban J connectivity index is 1.57. The molecule has 190 valence electrons. The van der Waals surface area contributed by atoms with Crippen molar-refractivity contribution >= 4 is 0 Å². The maximum absolute atomic E-state index is 14.7. The standard InChI is InChI=1S/C30H36F4O/c1-3-5-7-9-23-14-16-25(17-15-23)26-20-27(31)29(28(32)21-26)30(33,34)35-19-18-24-12-10-22(11-13-24)8-6-4-2/h3-5,10-13,20-21,23,25H,2,6-9,14-19H2,1H3/b5-3+/t23-,25-. The third-order valence-electron chi connectivity index (χ3n) is 6.99. The number of halogens is 4. The first-order valence-electron chi connectivity index (χ1n) is 12.6. The van der Waals surface area contributed by atoms with E-state index in [1.807, 2.05) is 43.3 Å². The van der Waals surface area contributed by atoms with Crippen LogP contribution in [0.4, 0.5) is 17.6 Å². The third-order valence-corrected chi connectivity index (χ3v) is 6.99. The highest BCUT2D eigenvalue weighted by Crippen LogP contribution is 2.40. The van der Waals surface area contributed by atoms with Crippen molar-refractivity contribution in [3.05, 3.63) is 95.1 Å². The monoisotopic (exact) mass is 488 g/mol. The second-order valence-corrected chi connectivity index (χ2v) is 9.48. The Bertz CT molecular complexity index is 949. The van der Waals surface area contributed by atoms with Crippen LogP contribution in [0.1, 0.15) is 80.0 Å². The molecule has 1 fully saturated rings. The minimum absolute atomic E-state index is 0.00462. The van der Waals surface area contributed by atoms with E-state index in [1.165, 1.54) is 0 Å². The molecule has 0 amide bonds. The summed E-state index contributed by atoms with van der Waals surface area (Å²) < 4.78 is 63.4. The Kier molecular flexibility index (Phi) is 10.1. The first-order chi connectivity index (χ1) is 16.8. The molecule has 0 saturated heterocycles. The van der Waals surface area contributed by atoms with Crippen LogP contribution >= 0.6 is 0 Å². The molecule has 1 saturated carbocycles. The summed E-state index contributed by atoms with van der Waals surface area (Å²) in [7, 11) is 0. The number of ether oxygens (including phenoxy) is 1. The largest absolute Gasteiger partial charge is 0.389 e. The Hall–Kier alpha value is -2.40. The fourth-order valence-electron chi connectivity index (χ4n) is 4.90. The number of hydrogen-bond acceptors (Lipinski definition) is 1. The molecule has 2 aromatic rings. The van der Waals surface area contributed by atoms with Gasteiger partial charge >= 0.3 is 6.11 Å². The van der Waals surface area contributed by atoms with Gasteiger partial charge in [-0.1, -0.05) is 42.5 Å². The van der Waals surface area contributed by atoms with E-state index in [9.17, 15) is 17.6 Å². The lowest BCUT2D eigenvalue weighted by Crippen LogP contribution is -2.24. The summed E-state index contributed by atoms with van der Waals surface area (Å²) in [6.07, 6.45) is 9.71. The second-order valence-electron chi connectivity index (χ2n) is 9.48. The van der Waals surface area contributed by atoms with Crippen molar-refractivity contribution in [1.82, 2.24) is 0 Å². The van der Waals surface area contributed by atoms with E-state index in [-0.39, 0.29) is 18.9 Å². The predicted molar refractivity (Wildman–Crippen MR) is 134 cm³/mol. The number of hydrogen-bond donors (Lipinski definition) is 0. The molecule has 1 aliphatic rings. The van der Waals surface area contributed by atoms with Crippen LogP contribution in [-0.2, 0) is 23.7 Å². The second kappa shape index (κ2) is 13.1. The van der Waals surface area contributed by atoms with Crippen molar-refractivity contribution in [2.45, 2.75) is 76.7 Å². The number of allylic oxidation sites excluding steroid dienone is 3. The molecule has 2 aromatic carbocycles. The van der Waals surface area contributed by atoms with Crippen molar-refractivity contribution in [1.29, 1.82) is 0 Å². The van der Waals surface area contributed by atoms with Gasteiger partial charge in [-0.2, -0.15) is 8.78 Å². The molecule has 0 atom stereocenters. The first-order valence-corrected chi connectivity index (χ1v) is 12.6. The predicted octanol–water partition coefficient (Wildman–Crippen LogP) is 9.02. The molecule has 0 aliphatic heterocycles.